The Morgan fingerprint density at radius 2 is 1.88 bits per heavy atom. The maximum absolute atomic E-state index is 12.5. The van der Waals surface area contributed by atoms with Crippen LogP contribution in [0.4, 0.5) is 0 Å². The Morgan fingerprint density at radius 1 is 1.08 bits per heavy atom. The predicted octanol–water partition coefficient (Wildman–Crippen LogP) is 3.44. The Hall–Kier alpha value is -3.41. The zero-order chi connectivity index (χ0) is 17.2. The number of carbonyl (C=O) groups is 1. The molecule has 0 bridgehead atoms. The minimum Gasteiger partial charge on any atom is -0.342 e. The molecular weight excluding hydrogens is 314 g/mol. The highest BCUT2D eigenvalue weighted by atomic mass is 16.1. The van der Waals surface area contributed by atoms with Crippen molar-refractivity contribution in [2.75, 3.05) is 0 Å². The van der Waals surface area contributed by atoms with Gasteiger partial charge in [-0.15, -0.1) is 0 Å². The smallest absolute Gasteiger partial charge is 0.251 e. The zero-order valence-corrected chi connectivity index (χ0v) is 13.7. The topological polar surface area (TPSA) is 86.5 Å². The summed E-state index contributed by atoms with van der Waals surface area (Å²) in [5.74, 6) is 0.604. The zero-order valence-electron chi connectivity index (χ0n) is 13.7. The van der Waals surface area contributed by atoms with Crippen LogP contribution in [-0.2, 0) is 0 Å². The highest BCUT2D eigenvalue weighted by Crippen LogP contribution is 2.18. The molecule has 1 atom stereocenters. The monoisotopic (exact) mass is 331 g/mol. The molecule has 0 aliphatic rings. The third-order valence-corrected chi connectivity index (χ3v) is 4.12. The van der Waals surface area contributed by atoms with Gasteiger partial charge in [-0.05, 0) is 42.8 Å². The van der Waals surface area contributed by atoms with Gasteiger partial charge in [0.15, 0.2) is 0 Å². The Morgan fingerprint density at radius 3 is 2.60 bits per heavy atom. The summed E-state index contributed by atoms with van der Waals surface area (Å²) in [5, 5.41) is 9.81. The Kier molecular flexibility index (Phi) is 3.78. The molecule has 4 rings (SSSR count). The molecule has 0 saturated heterocycles. The molecule has 0 unspecified atom stereocenters. The van der Waals surface area contributed by atoms with Crippen LogP contribution < -0.4 is 5.32 Å². The Labute approximate surface area is 144 Å². The van der Waals surface area contributed by atoms with Crippen LogP contribution >= 0.6 is 0 Å². The summed E-state index contributed by atoms with van der Waals surface area (Å²) in [6.07, 6.45) is 1.70. The quantitative estimate of drug-likeness (QED) is 0.535. The van der Waals surface area contributed by atoms with E-state index in [4.69, 9.17) is 0 Å². The number of fused-ring (bicyclic) bond motifs is 1. The normalized spacial score (nSPS) is 12.2. The minimum absolute atomic E-state index is 0.135. The maximum atomic E-state index is 12.5. The molecule has 0 spiro atoms. The molecule has 124 valence electrons. The molecule has 3 N–H and O–H groups in total. The van der Waals surface area contributed by atoms with Crippen LogP contribution in [0.2, 0.25) is 0 Å². The maximum Gasteiger partial charge on any atom is 0.251 e. The van der Waals surface area contributed by atoms with E-state index in [0.717, 1.165) is 28.1 Å². The number of amides is 1. The number of aromatic nitrogens is 4. The molecule has 0 radical (unpaired) electrons. The summed E-state index contributed by atoms with van der Waals surface area (Å²) in [7, 11) is 0. The van der Waals surface area contributed by atoms with Crippen molar-refractivity contribution < 1.29 is 4.79 Å². The molecule has 1 amide bonds. The van der Waals surface area contributed by atoms with E-state index in [-0.39, 0.29) is 11.9 Å². The fraction of sp³-hybridized carbons (Fsp3) is 0.105. The van der Waals surface area contributed by atoms with Gasteiger partial charge in [0.1, 0.15) is 5.82 Å². The highest BCUT2D eigenvalue weighted by molar-refractivity contribution is 5.94. The summed E-state index contributed by atoms with van der Waals surface area (Å²) in [6.45, 7) is 1.91. The van der Waals surface area contributed by atoms with Gasteiger partial charge in [0.05, 0.1) is 22.8 Å². The summed E-state index contributed by atoms with van der Waals surface area (Å²) in [6, 6.07) is 16.9. The van der Waals surface area contributed by atoms with E-state index >= 15 is 0 Å². The second-order valence-corrected chi connectivity index (χ2v) is 5.88. The van der Waals surface area contributed by atoms with E-state index in [2.05, 4.69) is 25.5 Å². The number of nitrogens with zero attached hydrogens (tertiary/aromatic N) is 2. The fourth-order valence-electron chi connectivity index (χ4n) is 2.74. The molecule has 0 saturated carbocycles. The third kappa shape index (κ3) is 3.01. The van der Waals surface area contributed by atoms with Crippen LogP contribution in [0.25, 0.3) is 22.3 Å². The molecule has 2 aromatic heterocycles. The molecule has 2 heterocycles. The molecule has 6 nitrogen and oxygen atoms in total. The molecule has 0 fully saturated rings. The number of hydrogen-bond acceptors (Lipinski definition) is 3. The Balaban J connectivity index is 1.49. The second-order valence-electron chi connectivity index (χ2n) is 5.88. The molecule has 6 heteroatoms. The number of carbonyl (C=O) groups excluding carboxylic acids is 1. The minimum atomic E-state index is -0.216. The van der Waals surface area contributed by atoms with Crippen molar-refractivity contribution in [2.45, 2.75) is 13.0 Å². The van der Waals surface area contributed by atoms with Crippen molar-refractivity contribution in [1.29, 1.82) is 0 Å². The lowest BCUT2D eigenvalue weighted by atomic mass is 10.1. The summed E-state index contributed by atoms with van der Waals surface area (Å²) in [5.41, 5.74) is 4.36. The van der Waals surface area contributed by atoms with E-state index in [1.807, 2.05) is 49.4 Å². The number of imidazole rings is 1. The number of hydrogen-bond donors (Lipinski definition) is 3. The van der Waals surface area contributed by atoms with Crippen LogP contribution in [0.15, 0.2) is 60.8 Å². The first-order chi connectivity index (χ1) is 12.2. The van der Waals surface area contributed by atoms with Crippen molar-refractivity contribution in [3.8, 4) is 11.3 Å². The number of nitrogens with one attached hydrogen (secondary N) is 3. The average Bonchev–Trinajstić information content (AvgIpc) is 3.31. The van der Waals surface area contributed by atoms with Gasteiger partial charge in [0.25, 0.3) is 5.91 Å². The van der Waals surface area contributed by atoms with E-state index in [1.54, 1.807) is 18.3 Å². The van der Waals surface area contributed by atoms with Gasteiger partial charge in [-0.2, -0.15) is 5.10 Å². The fourth-order valence-corrected chi connectivity index (χ4v) is 2.74. The molecule has 0 aliphatic heterocycles. The first kappa shape index (κ1) is 15.1. The second kappa shape index (κ2) is 6.24. The lowest BCUT2D eigenvalue weighted by molar-refractivity contribution is 0.0938. The highest BCUT2D eigenvalue weighted by Gasteiger charge is 2.15. The van der Waals surface area contributed by atoms with Crippen molar-refractivity contribution in [1.82, 2.24) is 25.5 Å². The lowest BCUT2D eigenvalue weighted by Gasteiger charge is -2.11. The van der Waals surface area contributed by atoms with Crippen LogP contribution in [0, 0.1) is 0 Å². The SMILES string of the molecule is C[C@H](NC(=O)c1ccc(-c2ccn[nH]2)cc1)c1nc2ccccc2[nH]1. The number of aromatic amines is 2. The van der Waals surface area contributed by atoms with Gasteiger partial charge in [-0.3, -0.25) is 9.89 Å². The number of H-pyrrole nitrogens is 2. The number of rotatable bonds is 4. The molecule has 25 heavy (non-hydrogen) atoms. The van der Waals surface area contributed by atoms with Gasteiger partial charge in [-0.1, -0.05) is 24.3 Å². The predicted molar refractivity (Wildman–Crippen MR) is 96.0 cm³/mol. The number of para-hydroxylation sites is 2. The van der Waals surface area contributed by atoms with Crippen LogP contribution in [0.3, 0.4) is 0 Å². The molecular formula is C19H17N5O. The molecule has 2 aromatic carbocycles. The molecule has 0 aliphatic carbocycles. The van der Waals surface area contributed by atoms with Crippen LogP contribution in [0.1, 0.15) is 29.1 Å². The Bertz CT molecular complexity index is 969. The summed E-state index contributed by atoms with van der Waals surface area (Å²) in [4.78, 5) is 20.2. The van der Waals surface area contributed by atoms with Crippen LogP contribution in [-0.4, -0.2) is 26.1 Å². The van der Waals surface area contributed by atoms with E-state index in [0.29, 0.717) is 5.56 Å². The first-order valence-corrected chi connectivity index (χ1v) is 8.06. The van der Waals surface area contributed by atoms with Gasteiger partial charge < -0.3 is 10.3 Å². The summed E-state index contributed by atoms with van der Waals surface area (Å²) >= 11 is 0. The van der Waals surface area contributed by atoms with E-state index in [9.17, 15) is 4.79 Å². The lowest BCUT2D eigenvalue weighted by Crippen LogP contribution is -2.27. The van der Waals surface area contributed by atoms with Crippen molar-refractivity contribution >= 4 is 16.9 Å². The van der Waals surface area contributed by atoms with Gasteiger partial charge in [-0.25, -0.2) is 4.98 Å². The summed E-state index contributed by atoms with van der Waals surface area (Å²) < 4.78 is 0. The van der Waals surface area contributed by atoms with Crippen LogP contribution in [0.5, 0.6) is 0 Å². The van der Waals surface area contributed by atoms with E-state index < -0.39 is 0 Å². The standard InChI is InChI=1S/C19H17N5O/c1-12(18-22-16-4-2-3-5-17(16)23-18)21-19(25)14-8-6-13(7-9-14)15-10-11-20-24-15/h2-12H,1H3,(H,20,24)(H,21,25)(H,22,23)/t12-/m0/s1. The van der Waals surface area contributed by atoms with Gasteiger partial charge >= 0.3 is 0 Å². The largest absolute Gasteiger partial charge is 0.342 e. The average molecular weight is 331 g/mol. The third-order valence-electron chi connectivity index (χ3n) is 4.12. The van der Waals surface area contributed by atoms with E-state index in [1.165, 1.54) is 0 Å². The first-order valence-electron chi connectivity index (χ1n) is 8.06. The van der Waals surface area contributed by atoms with Crippen molar-refractivity contribution in [2.24, 2.45) is 0 Å². The van der Waals surface area contributed by atoms with Gasteiger partial charge in [0.2, 0.25) is 0 Å². The van der Waals surface area contributed by atoms with Crippen molar-refractivity contribution in [3.63, 3.8) is 0 Å². The number of benzene rings is 2. The van der Waals surface area contributed by atoms with Crippen molar-refractivity contribution in [3.05, 3.63) is 72.2 Å². The molecule has 4 aromatic rings. The van der Waals surface area contributed by atoms with Gasteiger partial charge in [0, 0.05) is 11.8 Å².